The van der Waals surface area contributed by atoms with Gasteiger partial charge in [-0.25, -0.2) is 9.97 Å². The average Bonchev–Trinajstić information content (AvgIpc) is 3.14. The normalized spacial score (nSPS) is 14.1. The molecule has 0 spiro atoms. The van der Waals surface area contributed by atoms with Gasteiger partial charge in [0.1, 0.15) is 0 Å². The third-order valence-corrected chi connectivity index (χ3v) is 9.55. The van der Waals surface area contributed by atoms with Gasteiger partial charge in [0.15, 0.2) is 5.82 Å². The maximum absolute atomic E-state index is 5.32. The van der Waals surface area contributed by atoms with E-state index in [0.717, 1.165) is 45.8 Å². The molecule has 0 fully saturated rings. The van der Waals surface area contributed by atoms with E-state index in [1.165, 1.54) is 43.4 Å². The number of nitrogens with zero attached hydrogens (tertiary/aromatic N) is 3. The van der Waals surface area contributed by atoms with Gasteiger partial charge >= 0.3 is 0 Å². The number of allylic oxidation sites excluding steroid dienone is 1. The van der Waals surface area contributed by atoms with E-state index in [0.29, 0.717) is 11.7 Å². The highest BCUT2D eigenvalue weighted by molar-refractivity contribution is 6.13. The highest BCUT2D eigenvalue weighted by atomic mass is 14.9. The first-order valence-corrected chi connectivity index (χ1v) is 16.3. The summed E-state index contributed by atoms with van der Waals surface area (Å²) in [6, 6.07) is 47.3. The Morgan fingerprint density at radius 3 is 1.91 bits per heavy atom. The lowest BCUT2D eigenvalue weighted by Crippen LogP contribution is -2.05. The molecule has 222 valence electrons. The van der Waals surface area contributed by atoms with Crippen molar-refractivity contribution in [1.29, 1.82) is 0 Å². The highest BCUT2D eigenvalue weighted by Crippen LogP contribution is 2.42. The van der Waals surface area contributed by atoms with Crippen LogP contribution in [0, 0.1) is 0 Å². The fourth-order valence-electron chi connectivity index (χ4n) is 7.26. The van der Waals surface area contributed by atoms with Crippen molar-refractivity contribution in [2.75, 3.05) is 0 Å². The molecule has 0 radical (unpaired) electrons. The molecule has 8 aromatic rings. The lowest BCUT2D eigenvalue weighted by molar-refractivity contribution is 0.779. The second-order valence-corrected chi connectivity index (χ2v) is 12.5. The Morgan fingerprint density at radius 2 is 1.15 bits per heavy atom. The number of rotatable bonds is 4. The molecule has 1 atom stereocenters. The molecule has 3 heteroatoms. The van der Waals surface area contributed by atoms with E-state index in [-0.39, 0.29) is 0 Å². The van der Waals surface area contributed by atoms with Gasteiger partial charge in [-0.3, -0.25) is 4.98 Å². The first kappa shape index (κ1) is 27.4. The Kier molecular flexibility index (Phi) is 6.50. The zero-order valence-corrected chi connectivity index (χ0v) is 26.1. The number of aromatic nitrogens is 3. The molecule has 0 amide bonds. The van der Waals surface area contributed by atoms with E-state index in [1.54, 1.807) is 0 Å². The molecule has 1 aliphatic rings. The second kappa shape index (κ2) is 11.1. The smallest absolute Gasteiger partial charge is 0.160 e. The van der Waals surface area contributed by atoms with Gasteiger partial charge in [0.25, 0.3) is 0 Å². The third-order valence-electron chi connectivity index (χ3n) is 9.55. The maximum Gasteiger partial charge on any atom is 0.160 e. The zero-order valence-electron chi connectivity index (χ0n) is 26.1. The van der Waals surface area contributed by atoms with Gasteiger partial charge in [-0.05, 0) is 86.1 Å². The summed E-state index contributed by atoms with van der Waals surface area (Å²) in [6.45, 7) is 2.33. The molecule has 3 nitrogen and oxygen atoms in total. The molecular weight excluding hydrogens is 571 g/mol. The number of hydrogen-bond donors (Lipinski definition) is 0. The number of fused-ring (bicyclic) bond motifs is 6. The molecule has 9 rings (SSSR count). The molecule has 6 aromatic carbocycles. The molecule has 0 N–H and O–H groups in total. The minimum absolute atomic E-state index is 0.421. The summed E-state index contributed by atoms with van der Waals surface area (Å²) in [6.07, 6.45) is 7.47. The Labute approximate surface area is 273 Å². The average molecular weight is 602 g/mol. The standard InChI is InChI=1S/C44H31N3/c1-28-11-10-18-37-39(26-32-13-3-5-15-34(32)43(28)37)42-27-41(38-25-31-12-2-4-14-33(31)35-16-6-7-17-36(35)38)46-44(47-42)30-22-20-29(21-23-30)40-19-8-9-24-45-40/h2-10,12-28H,11H2,1H3. The minimum atomic E-state index is 0.421. The van der Waals surface area contributed by atoms with Crippen LogP contribution < -0.4 is 0 Å². The van der Waals surface area contributed by atoms with Crippen LogP contribution in [0.3, 0.4) is 0 Å². The summed E-state index contributed by atoms with van der Waals surface area (Å²) in [5, 5.41) is 7.41. The molecule has 47 heavy (non-hydrogen) atoms. The van der Waals surface area contributed by atoms with Crippen LogP contribution in [-0.2, 0) is 0 Å². The van der Waals surface area contributed by atoms with Crippen LogP contribution in [0.25, 0.3) is 83.6 Å². The number of pyridine rings is 1. The highest BCUT2D eigenvalue weighted by Gasteiger charge is 2.22. The van der Waals surface area contributed by atoms with Crippen molar-refractivity contribution in [1.82, 2.24) is 15.0 Å². The van der Waals surface area contributed by atoms with E-state index in [4.69, 9.17) is 9.97 Å². The van der Waals surface area contributed by atoms with E-state index < -0.39 is 0 Å². The van der Waals surface area contributed by atoms with Crippen molar-refractivity contribution in [3.63, 3.8) is 0 Å². The van der Waals surface area contributed by atoms with Crippen molar-refractivity contribution in [3.8, 4) is 45.2 Å². The van der Waals surface area contributed by atoms with Crippen molar-refractivity contribution in [3.05, 3.63) is 157 Å². The Bertz CT molecular complexity index is 2490. The molecule has 0 bridgehead atoms. The van der Waals surface area contributed by atoms with Gasteiger partial charge in [0, 0.05) is 28.5 Å². The number of hydrogen-bond acceptors (Lipinski definition) is 3. The van der Waals surface area contributed by atoms with Gasteiger partial charge in [0.05, 0.1) is 17.1 Å². The van der Waals surface area contributed by atoms with Crippen LogP contribution in [0.4, 0.5) is 0 Å². The van der Waals surface area contributed by atoms with E-state index >= 15 is 0 Å². The first-order chi connectivity index (χ1) is 23.2. The van der Waals surface area contributed by atoms with Crippen molar-refractivity contribution < 1.29 is 0 Å². The molecule has 1 unspecified atom stereocenters. The van der Waals surface area contributed by atoms with Crippen LogP contribution in [-0.4, -0.2) is 15.0 Å². The fourth-order valence-corrected chi connectivity index (χ4v) is 7.26. The van der Waals surface area contributed by atoms with Crippen LogP contribution in [0.15, 0.2) is 146 Å². The molecular formula is C44H31N3. The second-order valence-electron chi connectivity index (χ2n) is 12.5. The Morgan fingerprint density at radius 1 is 0.532 bits per heavy atom. The summed E-state index contributed by atoms with van der Waals surface area (Å²) in [4.78, 5) is 15.2. The van der Waals surface area contributed by atoms with Gasteiger partial charge in [-0.2, -0.15) is 0 Å². The van der Waals surface area contributed by atoms with Crippen molar-refractivity contribution in [2.24, 2.45) is 0 Å². The quantitative estimate of drug-likeness (QED) is 0.188. The topological polar surface area (TPSA) is 38.7 Å². The van der Waals surface area contributed by atoms with Crippen molar-refractivity contribution >= 4 is 38.4 Å². The Balaban J connectivity index is 1.32. The summed E-state index contributed by atoms with van der Waals surface area (Å²) in [5.74, 6) is 1.13. The lowest BCUT2D eigenvalue weighted by atomic mass is 9.81. The SMILES string of the molecule is CC1CC=Cc2c(-c3cc(-c4cc5ccccc5c5ccccc45)nc(-c4ccc(-c5ccccn5)cc4)n3)cc3ccccc3c21. The monoisotopic (exact) mass is 601 g/mol. The molecule has 0 aliphatic heterocycles. The van der Waals surface area contributed by atoms with Crippen molar-refractivity contribution in [2.45, 2.75) is 19.3 Å². The first-order valence-electron chi connectivity index (χ1n) is 16.3. The molecule has 0 saturated heterocycles. The van der Waals surface area contributed by atoms with Gasteiger partial charge in [-0.15, -0.1) is 0 Å². The summed E-state index contributed by atoms with van der Waals surface area (Å²) < 4.78 is 0. The summed E-state index contributed by atoms with van der Waals surface area (Å²) in [7, 11) is 0. The van der Waals surface area contributed by atoms with Crippen LogP contribution in [0.5, 0.6) is 0 Å². The summed E-state index contributed by atoms with van der Waals surface area (Å²) >= 11 is 0. The molecule has 1 aliphatic carbocycles. The van der Waals surface area contributed by atoms with E-state index in [2.05, 4.69) is 139 Å². The Hall–Kier alpha value is -5.93. The molecule has 0 saturated carbocycles. The van der Waals surface area contributed by atoms with Crippen LogP contribution >= 0.6 is 0 Å². The lowest BCUT2D eigenvalue weighted by Gasteiger charge is -2.23. The van der Waals surface area contributed by atoms with Gasteiger partial charge in [0.2, 0.25) is 0 Å². The van der Waals surface area contributed by atoms with E-state index in [9.17, 15) is 0 Å². The third kappa shape index (κ3) is 4.71. The predicted molar refractivity (Wildman–Crippen MR) is 196 cm³/mol. The minimum Gasteiger partial charge on any atom is -0.256 e. The van der Waals surface area contributed by atoms with Gasteiger partial charge < -0.3 is 0 Å². The van der Waals surface area contributed by atoms with Gasteiger partial charge in [-0.1, -0.05) is 122 Å². The van der Waals surface area contributed by atoms with Crippen LogP contribution in [0.1, 0.15) is 30.4 Å². The largest absolute Gasteiger partial charge is 0.256 e. The number of benzene rings is 6. The molecule has 2 heterocycles. The predicted octanol–water partition coefficient (Wildman–Crippen LogP) is 11.5. The molecule has 2 aromatic heterocycles. The van der Waals surface area contributed by atoms with E-state index in [1.807, 2.05) is 24.4 Å². The van der Waals surface area contributed by atoms with Crippen LogP contribution in [0.2, 0.25) is 0 Å². The summed E-state index contributed by atoms with van der Waals surface area (Å²) in [5.41, 5.74) is 9.72. The fraction of sp³-hybridized carbons (Fsp3) is 0.0682. The zero-order chi connectivity index (χ0) is 31.3. The maximum atomic E-state index is 5.32.